The molecular formula is C16H17NO3. The number of carboxylic acid groups (broad SMARTS) is 1. The van der Waals surface area contributed by atoms with Crippen molar-refractivity contribution in [3.63, 3.8) is 0 Å². The highest BCUT2D eigenvalue weighted by molar-refractivity contribution is 5.88. The van der Waals surface area contributed by atoms with Crippen LogP contribution in [0.3, 0.4) is 0 Å². The first kappa shape index (κ1) is 14.1. The molecule has 1 heterocycles. The Morgan fingerprint density at radius 3 is 2.50 bits per heavy atom. The summed E-state index contributed by atoms with van der Waals surface area (Å²) in [6, 6.07) is 10.9. The molecule has 0 radical (unpaired) electrons. The zero-order valence-electron chi connectivity index (χ0n) is 11.8. The van der Waals surface area contributed by atoms with Gasteiger partial charge < -0.3 is 9.84 Å². The van der Waals surface area contributed by atoms with Crippen LogP contribution in [0.4, 0.5) is 0 Å². The molecule has 2 rings (SSSR count). The molecule has 4 heteroatoms. The Bertz CT molecular complexity index is 635. The number of nitrogens with zero attached hydrogens (tertiary/aromatic N) is 1. The number of benzene rings is 1. The van der Waals surface area contributed by atoms with Crippen LogP contribution in [0.1, 0.15) is 41.4 Å². The second-order valence-corrected chi connectivity index (χ2v) is 4.88. The van der Waals surface area contributed by atoms with Crippen molar-refractivity contribution in [3.05, 3.63) is 53.2 Å². The normalized spacial score (nSPS) is 10.6. The third-order valence-electron chi connectivity index (χ3n) is 3.05. The molecule has 1 aromatic heterocycles. The molecule has 1 aromatic carbocycles. The number of aromatic nitrogens is 1. The number of carboxylic acids is 1. The quantitative estimate of drug-likeness (QED) is 0.912. The molecule has 0 bridgehead atoms. The Kier molecular flexibility index (Phi) is 4.03. The molecule has 0 amide bonds. The van der Waals surface area contributed by atoms with Gasteiger partial charge in [0.1, 0.15) is 5.75 Å². The largest absolute Gasteiger partial charge is 0.478 e. The first-order chi connectivity index (χ1) is 9.49. The van der Waals surface area contributed by atoms with E-state index in [0.717, 1.165) is 11.3 Å². The van der Waals surface area contributed by atoms with Crippen molar-refractivity contribution in [1.82, 2.24) is 4.98 Å². The topological polar surface area (TPSA) is 59.4 Å². The maximum Gasteiger partial charge on any atom is 0.337 e. The second kappa shape index (κ2) is 5.74. The van der Waals surface area contributed by atoms with Gasteiger partial charge in [0, 0.05) is 6.07 Å². The average Bonchev–Trinajstić information content (AvgIpc) is 2.38. The Morgan fingerprint density at radius 1 is 1.20 bits per heavy atom. The molecule has 1 N–H and O–H groups in total. The van der Waals surface area contributed by atoms with E-state index in [1.165, 1.54) is 6.07 Å². The van der Waals surface area contributed by atoms with Gasteiger partial charge >= 0.3 is 5.97 Å². The van der Waals surface area contributed by atoms with E-state index in [-0.39, 0.29) is 5.56 Å². The Balaban J connectivity index is 2.31. The van der Waals surface area contributed by atoms with Crippen molar-refractivity contribution >= 4 is 5.97 Å². The van der Waals surface area contributed by atoms with Crippen molar-refractivity contribution in [2.75, 3.05) is 0 Å². The maximum absolute atomic E-state index is 11.0. The number of ether oxygens (including phenoxy) is 1. The lowest BCUT2D eigenvalue weighted by molar-refractivity contribution is 0.0695. The van der Waals surface area contributed by atoms with Crippen LogP contribution in [0, 0.1) is 6.92 Å². The minimum absolute atomic E-state index is 0.189. The first-order valence-electron chi connectivity index (χ1n) is 6.46. The Hall–Kier alpha value is -2.36. The Morgan fingerprint density at radius 2 is 1.90 bits per heavy atom. The highest BCUT2D eigenvalue weighted by atomic mass is 16.5. The molecule has 2 aromatic rings. The highest BCUT2D eigenvalue weighted by Crippen LogP contribution is 2.29. The summed E-state index contributed by atoms with van der Waals surface area (Å²) < 4.78 is 5.78. The summed E-state index contributed by atoms with van der Waals surface area (Å²) in [7, 11) is 0. The summed E-state index contributed by atoms with van der Waals surface area (Å²) in [6.45, 7) is 5.84. The van der Waals surface area contributed by atoms with Crippen molar-refractivity contribution in [3.8, 4) is 11.6 Å². The maximum atomic E-state index is 11.0. The third-order valence-corrected chi connectivity index (χ3v) is 3.05. The number of aryl methyl sites for hydroxylation is 1. The molecule has 0 spiro atoms. The van der Waals surface area contributed by atoms with Crippen molar-refractivity contribution in [1.29, 1.82) is 0 Å². The van der Waals surface area contributed by atoms with E-state index >= 15 is 0 Å². The van der Waals surface area contributed by atoms with Crippen LogP contribution in [0.15, 0.2) is 36.4 Å². The van der Waals surface area contributed by atoms with E-state index in [1.54, 1.807) is 13.0 Å². The molecule has 104 valence electrons. The van der Waals surface area contributed by atoms with Crippen molar-refractivity contribution in [2.24, 2.45) is 0 Å². The van der Waals surface area contributed by atoms with Gasteiger partial charge in [0.15, 0.2) is 0 Å². The molecular weight excluding hydrogens is 254 g/mol. The standard InChI is InChI=1S/C16H17NO3/c1-10(2)12-6-4-5-7-14(12)20-15-9-8-13(16(18)19)11(3)17-15/h4-10H,1-3H3,(H,18,19). The van der Waals surface area contributed by atoms with Crippen molar-refractivity contribution in [2.45, 2.75) is 26.7 Å². The minimum atomic E-state index is -0.982. The smallest absolute Gasteiger partial charge is 0.337 e. The van der Waals surface area contributed by atoms with E-state index in [1.807, 2.05) is 24.3 Å². The van der Waals surface area contributed by atoms with Gasteiger partial charge in [0.2, 0.25) is 5.88 Å². The molecule has 0 unspecified atom stereocenters. The zero-order valence-corrected chi connectivity index (χ0v) is 11.8. The molecule has 0 aliphatic carbocycles. The zero-order chi connectivity index (χ0) is 14.7. The van der Waals surface area contributed by atoms with Crippen LogP contribution in [0.25, 0.3) is 0 Å². The fourth-order valence-electron chi connectivity index (χ4n) is 1.98. The van der Waals surface area contributed by atoms with Crippen LogP contribution in [0.5, 0.6) is 11.6 Å². The number of hydrogen-bond acceptors (Lipinski definition) is 3. The lowest BCUT2D eigenvalue weighted by Gasteiger charge is -2.13. The lowest BCUT2D eigenvalue weighted by Crippen LogP contribution is -2.02. The molecule has 20 heavy (non-hydrogen) atoms. The minimum Gasteiger partial charge on any atom is -0.478 e. The predicted molar refractivity (Wildman–Crippen MR) is 76.5 cm³/mol. The van der Waals surface area contributed by atoms with Crippen molar-refractivity contribution < 1.29 is 14.6 Å². The van der Waals surface area contributed by atoms with Gasteiger partial charge in [-0.1, -0.05) is 32.0 Å². The fourth-order valence-corrected chi connectivity index (χ4v) is 1.98. The van der Waals surface area contributed by atoms with E-state index < -0.39 is 5.97 Å². The second-order valence-electron chi connectivity index (χ2n) is 4.88. The summed E-state index contributed by atoms with van der Waals surface area (Å²) in [5, 5.41) is 8.98. The van der Waals surface area contributed by atoms with Crippen LogP contribution in [0.2, 0.25) is 0 Å². The van der Waals surface area contributed by atoms with Gasteiger partial charge in [-0.25, -0.2) is 9.78 Å². The van der Waals surface area contributed by atoms with Gasteiger partial charge in [-0.3, -0.25) is 0 Å². The van der Waals surface area contributed by atoms with Gasteiger partial charge in [-0.05, 0) is 30.5 Å². The van der Waals surface area contributed by atoms with E-state index in [9.17, 15) is 4.79 Å². The van der Waals surface area contributed by atoms with Crippen LogP contribution in [-0.4, -0.2) is 16.1 Å². The molecule has 4 nitrogen and oxygen atoms in total. The summed E-state index contributed by atoms with van der Waals surface area (Å²) in [4.78, 5) is 15.1. The summed E-state index contributed by atoms with van der Waals surface area (Å²) in [6.07, 6.45) is 0. The summed E-state index contributed by atoms with van der Waals surface area (Å²) >= 11 is 0. The summed E-state index contributed by atoms with van der Waals surface area (Å²) in [5.74, 6) is 0.507. The van der Waals surface area contributed by atoms with E-state index in [0.29, 0.717) is 17.5 Å². The predicted octanol–water partition coefficient (Wildman–Crippen LogP) is 4.00. The number of carbonyl (C=O) groups is 1. The third kappa shape index (κ3) is 2.96. The van der Waals surface area contributed by atoms with Crippen LogP contribution < -0.4 is 4.74 Å². The van der Waals surface area contributed by atoms with Crippen LogP contribution in [-0.2, 0) is 0 Å². The SMILES string of the molecule is Cc1nc(Oc2ccccc2C(C)C)ccc1C(=O)O. The number of hydrogen-bond donors (Lipinski definition) is 1. The van der Waals surface area contributed by atoms with Crippen LogP contribution >= 0.6 is 0 Å². The van der Waals surface area contributed by atoms with E-state index in [4.69, 9.17) is 9.84 Å². The Labute approximate surface area is 118 Å². The van der Waals surface area contributed by atoms with E-state index in [2.05, 4.69) is 18.8 Å². The van der Waals surface area contributed by atoms with Gasteiger partial charge in [-0.15, -0.1) is 0 Å². The fraction of sp³-hybridized carbons (Fsp3) is 0.250. The van der Waals surface area contributed by atoms with Gasteiger partial charge in [0.25, 0.3) is 0 Å². The monoisotopic (exact) mass is 271 g/mol. The number of aromatic carboxylic acids is 1. The number of rotatable bonds is 4. The highest BCUT2D eigenvalue weighted by Gasteiger charge is 2.12. The molecule has 0 aliphatic heterocycles. The number of pyridine rings is 1. The molecule has 0 atom stereocenters. The molecule has 0 aliphatic rings. The summed E-state index contributed by atoms with van der Waals surface area (Å²) in [5.41, 5.74) is 1.72. The average molecular weight is 271 g/mol. The van der Waals surface area contributed by atoms with Gasteiger partial charge in [0.05, 0.1) is 11.3 Å². The molecule has 0 fully saturated rings. The lowest BCUT2D eigenvalue weighted by atomic mass is 10.0. The molecule has 0 saturated heterocycles. The molecule has 0 saturated carbocycles. The number of para-hydroxylation sites is 1. The van der Waals surface area contributed by atoms with Gasteiger partial charge in [-0.2, -0.15) is 0 Å². The first-order valence-corrected chi connectivity index (χ1v) is 6.46.